The molecule has 6 heteroatoms. The highest BCUT2D eigenvalue weighted by atomic mass is 32.1. The third kappa shape index (κ3) is 4.77. The van der Waals surface area contributed by atoms with Crippen molar-refractivity contribution in [3.05, 3.63) is 47.5 Å². The van der Waals surface area contributed by atoms with Gasteiger partial charge in [0.1, 0.15) is 0 Å². The van der Waals surface area contributed by atoms with E-state index in [0.717, 1.165) is 30.3 Å². The Morgan fingerprint density at radius 2 is 2.17 bits per heavy atom. The molecule has 2 aromatic rings. The minimum atomic E-state index is -0.452. The molecule has 3 rings (SSSR count). The number of nitrogens with zero attached hydrogens (tertiary/aromatic N) is 3. The zero-order valence-electron chi connectivity index (χ0n) is 14.0. The lowest BCUT2D eigenvalue weighted by molar-refractivity contribution is 0.00743. The summed E-state index contributed by atoms with van der Waals surface area (Å²) >= 11 is 1.68. The third-order valence-corrected chi connectivity index (χ3v) is 5.08. The van der Waals surface area contributed by atoms with E-state index >= 15 is 0 Å². The quantitative estimate of drug-likeness (QED) is 0.832. The molecule has 1 aromatic carbocycles. The number of ether oxygens (including phenoxy) is 1. The summed E-state index contributed by atoms with van der Waals surface area (Å²) in [6, 6.07) is 10.5. The smallest absolute Gasteiger partial charge is 0.185 e. The Balaban J connectivity index is 1.39. The Kier molecular flexibility index (Phi) is 6.20. The zero-order chi connectivity index (χ0) is 16.8. The van der Waals surface area contributed by atoms with E-state index in [9.17, 15) is 5.11 Å². The number of aliphatic hydroxyl groups excluding tert-OH is 1. The normalized spacial score (nSPS) is 20.2. The fourth-order valence-electron chi connectivity index (χ4n) is 3.08. The average molecular weight is 347 g/mol. The first-order valence-corrected chi connectivity index (χ1v) is 9.28. The van der Waals surface area contributed by atoms with E-state index in [1.807, 2.05) is 41.9 Å². The van der Waals surface area contributed by atoms with Crippen LogP contribution in [0.5, 0.6) is 0 Å². The highest BCUT2D eigenvalue weighted by molar-refractivity contribution is 7.13. The molecule has 0 unspecified atom stereocenters. The molecule has 0 radical (unpaired) electrons. The molecule has 0 spiro atoms. The maximum atomic E-state index is 10.2. The van der Waals surface area contributed by atoms with Gasteiger partial charge in [0.15, 0.2) is 5.13 Å². The van der Waals surface area contributed by atoms with Gasteiger partial charge in [-0.3, -0.25) is 4.90 Å². The first-order valence-electron chi connectivity index (χ1n) is 8.40. The summed E-state index contributed by atoms with van der Waals surface area (Å²) < 4.78 is 5.63. The first kappa shape index (κ1) is 17.4. The van der Waals surface area contributed by atoms with E-state index < -0.39 is 6.10 Å². The fourth-order valence-corrected chi connectivity index (χ4v) is 3.85. The van der Waals surface area contributed by atoms with Crippen molar-refractivity contribution in [3.63, 3.8) is 0 Å². The summed E-state index contributed by atoms with van der Waals surface area (Å²) in [6.45, 7) is 6.63. The Bertz CT molecular complexity index is 594. The number of hydrogen-bond donors (Lipinski definition) is 1. The van der Waals surface area contributed by atoms with Crippen molar-refractivity contribution in [2.24, 2.45) is 0 Å². The van der Waals surface area contributed by atoms with Gasteiger partial charge in [-0.05, 0) is 12.5 Å². The number of benzene rings is 1. The van der Waals surface area contributed by atoms with Crippen LogP contribution >= 0.6 is 11.3 Å². The molecule has 1 N–H and O–H groups in total. The van der Waals surface area contributed by atoms with Crippen LogP contribution < -0.4 is 4.90 Å². The Morgan fingerprint density at radius 1 is 1.33 bits per heavy atom. The number of hydrogen-bond acceptors (Lipinski definition) is 6. The number of rotatable bonds is 7. The standard InChI is InChI=1S/C18H25N3O2S/c1-15-11-20(8-9-21(15)18-19-7-10-24-18)12-17(22)14-23-13-16-5-3-2-4-6-16/h2-7,10,15,17,22H,8-9,11-14H2,1H3/t15-,17-/m0/s1. The van der Waals surface area contributed by atoms with Gasteiger partial charge in [0.2, 0.25) is 0 Å². The maximum absolute atomic E-state index is 10.2. The largest absolute Gasteiger partial charge is 0.389 e. The lowest BCUT2D eigenvalue weighted by atomic mass is 10.2. The summed E-state index contributed by atoms with van der Waals surface area (Å²) in [5, 5.41) is 13.3. The van der Waals surface area contributed by atoms with Crippen molar-refractivity contribution in [3.8, 4) is 0 Å². The SMILES string of the molecule is C[C@H]1CN(C[C@H](O)COCc2ccccc2)CCN1c1nccs1. The summed E-state index contributed by atoms with van der Waals surface area (Å²) in [7, 11) is 0. The molecule has 130 valence electrons. The zero-order valence-corrected chi connectivity index (χ0v) is 14.9. The molecule has 2 atom stereocenters. The topological polar surface area (TPSA) is 48.8 Å². The summed E-state index contributed by atoms with van der Waals surface area (Å²) in [4.78, 5) is 9.06. The van der Waals surface area contributed by atoms with E-state index in [1.165, 1.54) is 0 Å². The van der Waals surface area contributed by atoms with Gasteiger partial charge >= 0.3 is 0 Å². The van der Waals surface area contributed by atoms with E-state index in [1.54, 1.807) is 11.3 Å². The van der Waals surface area contributed by atoms with Crippen LogP contribution in [0.15, 0.2) is 41.9 Å². The minimum absolute atomic E-state index is 0.371. The third-order valence-electron chi connectivity index (χ3n) is 4.27. The number of piperazine rings is 1. The van der Waals surface area contributed by atoms with E-state index in [-0.39, 0.29) is 0 Å². The molecule has 0 saturated carbocycles. The molecule has 1 saturated heterocycles. The van der Waals surface area contributed by atoms with E-state index in [4.69, 9.17) is 4.74 Å². The molecular formula is C18H25N3O2S. The van der Waals surface area contributed by atoms with Crippen LogP contribution in [0, 0.1) is 0 Å². The van der Waals surface area contributed by atoms with Crippen molar-refractivity contribution >= 4 is 16.5 Å². The second-order valence-corrected chi connectivity index (χ2v) is 7.14. The van der Waals surface area contributed by atoms with Gasteiger partial charge in [0.25, 0.3) is 0 Å². The number of aliphatic hydroxyl groups is 1. The van der Waals surface area contributed by atoms with Crippen LogP contribution in [0.3, 0.4) is 0 Å². The predicted molar refractivity (Wildman–Crippen MR) is 97.5 cm³/mol. The highest BCUT2D eigenvalue weighted by Gasteiger charge is 2.26. The van der Waals surface area contributed by atoms with Gasteiger partial charge in [-0.25, -0.2) is 4.98 Å². The van der Waals surface area contributed by atoms with Gasteiger partial charge in [-0.15, -0.1) is 11.3 Å². The predicted octanol–water partition coefficient (Wildman–Crippen LogP) is 2.23. The second kappa shape index (κ2) is 8.58. The Labute approximate surface area is 147 Å². The number of anilines is 1. The van der Waals surface area contributed by atoms with Crippen molar-refractivity contribution < 1.29 is 9.84 Å². The lowest BCUT2D eigenvalue weighted by Gasteiger charge is -2.40. The van der Waals surface area contributed by atoms with Crippen molar-refractivity contribution in [1.29, 1.82) is 0 Å². The van der Waals surface area contributed by atoms with Crippen LogP contribution in [0.2, 0.25) is 0 Å². The Hall–Kier alpha value is -1.47. The Morgan fingerprint density at radius 3 is 2.88 bits per heavy atom. The molecule has 0 aliphatic carbocycles. The van der Waals surface area contributed by atoms with Gasteiger partial charge in [-0.2, -0.15) is 0 Å². The molecule has 1 aliphatic heterocycles. The van der Waals surface area contributed by atoms with Gasteiger partial charge in [0.05, 0.1) is 19.3 Å². The molecular weight excluding hydrogens is 322 g/mol. The fraction of sp³-hybridized carbons (Fsp3) is 0.500. The van der Waals surface area contributed by atoms with Crippen LogP contribution in [0.1, 0.15) is 12.5 Å². The molecule has 1 fully saturated rings. The average Bonchev–Trinajstić information content (AvgIpc) is 3.10. The summed E-state index contributed by atoms with van der Waals surface area (Å²) in [5.74, 6) is 0. The molecule has 24 heavy (non-hydrogen) atoms. The number of aromatic nitrogens is 1. The second-order valence-electron chi connectivity index (χ2n) is 6.27. The van der Waals surface area contributed by atoms with Crippen LogP contribution in [-0.2, 0) is 11.3 Å². The lowest BCUT2D eigenvalue weighted by Crippen LogP contribution is -2.53. The van der Waals surface area contributed by atoms with Crippen LogP contribution in [0.4, 0.5) is 5.13 Å². The van der Waals surface area contributed by atoms with E-state index in [2.05, 4.69) is 21.7 Å². The summed E-state index contributed by atoms with van der Waals surface area (Å²) in [6.07, 6.45) is 1.40. The van der Waals surface area contributed by atoms with Gasteiger partial charge in [0, 0.05) is 43.8 Å². The molecule has 1 aliphatic rings. The molecule has 2 heterocycles. The molecule has 5 nitrogen and oxygen atoms in total. The van der Waals surface area contributed by atoms with E-state index in [0.29, 0.717) is 25.8 Å². The van der Waals surface area contributed by atoms with Crippen molar-refractivity contribution in [1.82, 2.24) is 9.88 Å². The molecule has 0 amide bonds. The number of thiazole rings is 1. The first-order chi connectivity index (χ1) is 11.7. The molecule has 1 aromatic heterocycles. The highest BCUT2D eigenvalue weighted by Crippen LogP contribution is 2.22. The van der Waals surface area contributed by atoms with Crippen molar-refractivity contribution in [2.75, 3.05) is 37.7 Å². The number of β-amino-alcohol motifs (C(OH)–C–C–N with tert-alkyl or cyclic N) is 1. The monoisotopic (exact) mass is 347 g/mol. The molecule has 0 bridgehead atoms. The van der Waals surface area contributed by atoms with Crippen molar-refractivity contribution in [2.45, 2.75) is 25.7 Å². The summed E-state index contributed by atoms with van der Waals surface area (Å²) in [5.41, 5.74) is 1.13. The van der Waals surface area contributed by atoms with Crippen LogP contribution in [0.25, 0.3) is 0 Å². The van der Waals surface area contributed by atoms with Gasteiger partial charge in [-0.1, -0.05) is 30.3 Å². The maximum Gasteiger partial charge on any atom is 0.185 e. The van der Waals surface area contributed by atoms with Crippen LogP contribution in [-0.4, -0.2) is 59.9 Å². The minimum Gasteiger partial charge on any atom is -0.389 e. The van der Waals surface area contributed by atoms with Gasteiger partial charge < -0.3 is 14.7 Å².